The number of carbonyl (C=O) groups is 1. The van der Waals surface area contributed by atoms with Crippen LogP contribution in [0.25, 0.3) is 5.69 Å². The van der Waals surface area contributed by atoms with Gasteiger partial charge in [0.1, 0.15) is 0 Å². The quantitative estimate of drug-likeness (QED) is 0.847. The minimum Gasteiger partial charge on any atom is -0.505 e. The van der Waals surface area contributed by atoms with E-state index in [0.29, 0.717) is 5.69 Å². The van der Waals surface area contributed by atoms with Crippen LogP contribution in [0.1, 0.15) is 21.6 Å². The van der Waals surface area contributed by atoms with Crippen molar-refractivity contribution in [3.63, 3.8) is 0 Å². The number of benzene rings is 1. The van der Waals surface area contributed by atoms with Crippen LogP contribution in [0.5, 0.6) is 5.75 Å². The van der Waals surface area contributed by atoms with Crippen LogP contribution in [-0.4, -0.2) is 26.0 Å². The maximum Gasteiger partial charge on any atom is 0.360 e. The second-order valence-electron chi connectivity index (χ2n) is 4.28. The predicted octanol–water partition coefficient (Wildman–Crippen LogP) is 1.25. The van der Waals surface area contributed by atoms with E-state index in [-0.39, 0.29) is 0 Å². The van der Waals surface area contributed by atoms with E-state index >= 15 is 0 Å². The summed E-state index contributed by atoms with van der Waals surface area (Å²) in [5.41, 5.74) is 1.17. The zero-order chi connectivity index (χ0) is 14.2. The smallest absolute Gasteiger partial charge is 0.360 e. The van der Waals surface area contributed by atoms with E-state index in [0.717, 1.165) is 21.9 Å². The Balaban J connectivity index is 2.71. The highest BCUT2D eigenvalue weighted by Crippen LogP contribution is 2.14. The molecule has 0 aliphatic carbocycles. The lowest BCUT2D eigenvalue weighted by molar-refractivity contribution is 0.0684. The molecule has 2 rings (SSSR count). The van der Waals surface area contributed by atoms with Gasteiger partial charge in [-0.15, -0.1) is 0 Å². The van der Waals surface area contributed by atoms with E-state index in [4.69, 9.17) is 5.11 Å². The van der Waals surface area contributed by atoms with Crippen molar-refractivity contribution < 1.29 is 15.0 Å². The number of carboxylic acids is 1. The standard InChI is InChI=1S/C13H12N2O4/c1-7-3-8(2)5-9(4-7)15-11(17)6-10(16)12(14-15)13(18)19/h3-6,16H,1-2H3,(H,18,19). The van der Waals surface area contributed by atoms with Crippen LogP contribution in [0.4, 0.5) is 0 Å². The zero-order valence-electron chi connectivity index (χ0n) is 10.4. The summed E-state index contributed by atoms with van der Waals surface area (Å²) in [6.45, 7) is 3.72. The molecule has 1 aromatic carbocycles. The summed E-state index contributed by atoms with van der Waals surface area (Å²) >= 11 is 0. The number of aryl methyl sites for hydroxylation is 2. The van der Waals surface area contributed by atoms with Crippen LogP contribution in [-0.2, 0) is 0 Å². The van der Waals surface area contributed by atoms with Crippen molar-refractivity contribution in [3.05, 3.63) is 51.4 Å². The number of aromatic carboxylic acids is 1. The number of aromatic nitrogens is 2. The Morgan fingerprint density at radius 3 is 2.26 bits per heavy atom. The van der Waals surface area contributed by atoms with Crippen molar-refractivity contribution >= 4 is 5.97 Å². The number of hydrogen-bond acceptors (Lipinski definition) is 4. The van der Waals surface area contributed by atoms with Crippen LogP contribution < -0.4 is 5.56 Å². The van der Waals surface area contributed by atoms with Gasteiger partial charge in [-0.3, -0.25) is 4.79 Å². The summed E-state index contributed by atoms with van der Waals surface area (Å²) in [5.74, 6) is -2.03. The molecule has 0 aliphatic rings. The van der Waals surface area contributed by atoms with Gasteiger partial charge in [-0.1, -0.05) is 6.07 Å². The fraction of sp³-hybridized carbons (Fsp3) is 0.154. The lowest BCUT2D eigenvalue weighted by Crippen LogP contribution is -2.23. The molecule has 1 heterocycles. The lowest BCUT2D eigenvalue weighted by atomic mass is 10.1. The number of hydrogen-bond donors (Lipinski definition) is 2. The third-order valence-electron chi connectivity index (χ3n) is 2.57. The predicted molar refractivity (Wildman–Crippen MR) is 67.9 cm³/mol. The summed E-state index contributed by atoms with van der Waals surface area (Å²) < 4.78 is 0.961. The molecule has 0 bridgehead atoms. The van der Waals surface area contributed by atoms with Gasteiger partial charge >= 0.3 is 5.97 Å². The Bertz CT molecular complexity index is 699. The third-order valence-corrected chi connectivity index (χ3v) is 2.57. The summed E-state index contributed by atoms with van der Waals surface area (Å²) in [6.07, 6.45) is 0. The van der Waals surface area contributed by atoms with Crippen LogP contribution in [0.3, 0.4) is 0 Å². The molecule has 0 fully saturated rings. The Kier molecular flexibility index (Phi) is 3.08. The normalized spacial score (nSPS) is 10.4. The molecule has 0 spiro atoms. The number of rotatable bonds is 2. The molecule has 0 atom stereocenters. The highest BCUT2D eigenvalue weighted by Gasteiger charge is 2.15. The Morgan fingerprint density at radius 2 is 1.74 bits per heavy atom. The van der Waals surface area contributed by atoms with E-state index in [1.165, 1.54) is 0 Å². The molecule has 0 saturated heterocycles. The molecule has 2 N–H and O–H groups in total. The minimum absolute atomic E-state index is 0.463. The van der Waals surface area contributed by atoms with Crippen molar-refractivity contribution in [2.45, 2.75) is 13.8 Å². The Hall–Kier alpha value is -2.63. The average Bonchev–Trinajstić information content (AvgIpc) is 2.26. The van der Waals surface area contributed by atoms with Gasteiger partial charge in [0.05, 0.1) is 5.69 Å². The highest BCUT2D eigenvalue weighted by atomic mass is 16.4. The van der Waals surface area contributed by atoms with Gasteiger partial charge in [-0.2, -0.15) is 9.78 Å². The number of nitrogens with zero attached hydrogens (tertiary/aromatic N) is 2. The van der Waals surface area contributed by atoms with Gasteiger partial charge in [0, 0.05) is 6.07 Å². The van der Waals surface area contributed by atoms with Crippen LogP contribution in [0.15, 0.2) is 29.1 Å². The van der Waals surface area contributed by atoms with Crippen LogP contribution in [0, 0.1) is 13.8 Å². The molecule has 0 saturated carbocycles. The summed E-state index contributed by atoms with van der Waals surface area (Å²) in [5, 5.41) is 22.0. The number of carboxylic acid groups (broad SMARTS) is 1. The monoisotopic (exact) mass is 260 g/mol. The van der Waals surface area contributed by atoms with Gasteiger partial charge in [0.15, 0.2) is 5.75 Å². The summed E-state index contributed by atoms with van der Waals surface area (Å²) in [7, 11) is 0. The molecular weight excluding hydrogens is 248 g/mol. The van der Waals surface area contributed by atoms with E-state index in [9.17, 15) is 14.7 Å². The van der Waals surface area contributed by atoms with Crippen molar-refractivity contribution in [2.75, 3.05) is 0 Å². The second-order valence-corrected chi connectivity index (χ2v) is 4.28. The topological polar surface area (TPSA) is 92.4 Å². The first-order valence-electron chi connectivity index (χ1n) is 5.54. The Labute approximate surface area is 108 Å². The highest BCUT2D eigenvalue weighted by molar-refractivity contribution is 5.88. The first kappa shape index (κ1) is 12.8. The van der Waals surface area contributed by atoms with Crippen molar-refractivity contribution in [3.8, 4) is 11.4 Å². The first-order chi connectivity index (χ1) is 8.88. The summed E-state index contributed by atoms with van der Waals surface area (Å²) in [4.78, 5) is 22.7. The summed E-state index contributed by atoms with van der Waals surface area (Å²) in [6, 6.07) is 6.19. The van der Waals surface area contributed by atoms with Crippen molar-refractivity contribution in [1.29, 1.82) is 0 Å². The third kappa shape index (κ3) is 2.47. The molecule has 0 unspecified atom stereocenters. The van der Waals surface area contributed by atoms with Crippen LogP contribution >= 0.6 is 0 Å². The SMILES string of the molecule is Cc1cc(C)cc(-n2nc(C(=O)O)c(O)cc2=O)c1. The lowest BCUT2D eigenvalue weighted by Gasteiger charge is -2.08. The molecule has 0 amide bonds. The van der Waals surface area contributed by atoms with Crippen molar-refractivity contribution in [1.82, 2.24) is 9.78 Å². The fourth-order valence-electron chi connectivity index (χ4n) is 1.86. The zero-order valence-corrected chi connectivity index (χ0v) is 10.4. The van der Waals surface area contributed by atoms with Crippen LogP contribution in [0.2, 0.25) is 0 Å². The Morgan fingerprint density at radius 1 is 1.16 bits per heavy atom. The van der Waals surface area contributed by atoms with E-state index in [1.54, 1.807) is 12.1 Å². The van der Waals surface area contributed by atoms with Gasteiger partial charge < -0.3 is 10.2 Å². The maximum absolute atomic E-state index is 11.8. The average molecular weight is 260 g/mol. The molecule has 2 aromatic rings. The van der Waals surface area contributed by atoms with E-state index in [1.807, 2.05) is 19.9 Å². The minimum atomic E-state index is -1.39. The molecule has 98 valence electrons. The maximum atomic E-state index is 11.8. The molecule has 1 aromatic heterocycles. The van der Waals surface area contributed by atoms with Gasteiger partial charge in [0.2, 0.25) is 5.69 Å². The molecule has 6 heteroatoms. The fourth-order valence-corrected chi connectivity index (χ4v) is 1.86. The van der Waals surface area contributed by atoms with E-state index in [2.05, 4.69) is 5.10 Å². The molecule has 19 heavy (non-hydrogen) atoms. The molecule has 0 aliphatic heterocycles. The van der Waals surface area contributed by atoms with Gasteiger partial charge in [-0.05, 0) is 37.1 Å². The van der Waals surface area contributed by atoms with Crippen molar-refractivity contribution in [2.24, 2.45) is 0 Å². The second kappa shape index (κ2) is 4.56. The molecule has 6 nitrogen and oxygen atoms in total. The van der Waals surface area contributed by atoms with E-state index < -0.39 is 23.0 Å². The number of aromatic hydroxyl groups is 1. The van der Waals surface area contributed by atoms with Gasteiger partial charge in [-0.25, -0.2) is 4.79 Å². The first-order valence-corrected chi connectivity index (χ1v) is 5.54. The molecule has 0 radical (unpaired) electrons. The van der Waals surface area contributed by atoms with Gasteiger partial charge in [0.25, 0.3) is 5.56 Å². The molecular formula is C13H12N2O4. The largest absolute Gasteiger partial charge is 0.505 e.